The fourth-order valence-electron chi connectivity index (χ4n) is 4.84. The third kappa shape index (κ3) is 5.31. The fourth-order valence-corrected chi connectivity index (χ4v) is 4.84. The molecule has 0 amide bonds. The van der Waals surface area contributed by atoms with E-state index in [1.807, 2.05) is 0 Å². The zero-order chi connectivity index (χ0) is 17.7. The third-order valence-corrected chi connectivity index (χ3v) is 6.56. The molecule has 25 heavy (non-hydrogen) atoms. The molecule has 1 aromatic carbocycles. The highest BCUT2D eigenvalue weighted by atomic mass is 16.3. The van der Waals surface area contributed by atoms with Crippen LogP contribution in [-0.4, -0.2) is 23.3 Å². The van der Waals surface area contributed by atoms with Gasteiger partial charge in [-0.1, -0.05) is 37.5 Å². The van der Waals surface area contributed by atoms with Crippen molar-refractivity contribution in [2.24, 2.45) is 5.92 Å². The van der Waals surface area contributed by atoms with Crippen molar-refractivity contribution in [3.05, 3.63) is 34.9 Å². The summed E-state index contributed by atoms with van der Waals surface area (Å²) in [5, 5.41) is 14.5. The van der Waals surface area contributed by atoms with Crippen LogP contribution < -0.4 is 5.32 Å². The largest absolute Gasteiger partial charge is 0.390 e. The SMILES string of the molecule is CC(Cc1ccc2c(c1)CCCC2)NCCC(C)(O)C1CCCCC1. The van der Waals surface area contributed by atoms with Crippen LogP contribution in [0, 0.1) is 5.92 Å². The second kappa shape index (κ2) is 8.68. The predicted molar refractivity (Wildman–Crippen MR) is 106 cm³/mol. The number of hydrogen-bond acceptors (Lipinski definition) is 2. The normalized spacial score (nSPS) is 22.2. The van der Waals surface area contributed by atoms with Gasteiger partial charge in [0.1, 0.15) is 0 Å². The summed E-state index contributed by atoms with van der Waals surface area (Å²) in [6.07, 6.45) is 13.5. The first-order chi connectivity index (χ1) is 12.0. The Morgan fingerprint density at radius 1 is 1.08 bits per heavy atom. The Kier molecular flexibility index (Phi) is 6.57. The molecule has 0 saturated heterocycles. The number of hydrogen-bond donors (Lipinski definition) is 2. The van der Waals surface area contributed by atoms with Crippen molar-refractivity contribution in [3.8, 4) is 0 Å². The molecule has 1 fully saturated rings. The van der Waals surface area contributed by atoms with Crippen LogP contribution in [0.15, 0.2) is 18.2 Å². The monoisotopic (exact) mass is 343 g/mol. The molecule has 2 atom stereocenters. The molecule has 2 nitrogen and oxygen atoms in total. The van der Waals surface area contributed by atoms with Gasteiger partial charge in [-0.05, 0) is 94.4 Å². The molecule has 0 aliphatic heterocycles. The number of nitrogens with one attached hydrogen (secondary N) is 1. The van der Waals surface area contributed by atoms with Gasteiger partial charge in [-0.2, -0.15) is 0 Å². The van der Waals surface area contributed by atoms with Gasteiger partial charge >= 0.3 is 0 Å². The smallest absolute Gasteiger partial charge is 0.0659 e. The molecule has 0 aromatic heterocycles. The van der Waals surface area contributed by atoms with Crippen molar-refractivity contribution < 1.29 is 5.11 Å². The van der Waals surface area contributed by atoms with Crippen molar-refractivity contribution in [1.82, 2.24) is 5.32 Å². The summed E-state index contributed by atoms with van der Waals surface area (Å²) in [5.74, 6) is 0.499. The van der Waals surface area contributed by atoms with Gasteiger partial charge in [-0.15, -0.1) is 0 Å². The molecule has 2 unspecified atom stereocenters. The quantitative estimate of drug-likeness (QED) is 0.745. The third-order valence-electron chi connectivity index (χ3n) is 6.56. The zero-order valence-electron chi connectivity index (χ0n) is 16.3. The van der Waals surface area contributed by atoms with Gasteiger partial charge in [0, 0.05) is 6.04 Å². The standard InChI is InChI=1S/C23H37NO/c1-18(16-19-12-13-20-8-6-7-9-21(20)17-19)24-15-14-23(2,25)22-10-4-3-5-11-22/h12-13,17-18,22,24-25H,3-11,14-16H2,1-2H3. The minimum atomic E-state index is -0.501. The Balaban J connectivity index is 1.44. The maximum absolute atomic E-state index is 10.8. The first-order valence-electron chi connectivity index (χ1n) is 10.6. The van der Waals surface area contributed by atoms with Crippen LogP contribution in [0.25, 0.3) is 0 Å². The van der Waals surface area contributed by atoms with Crippen LogP contribution in [0.1, 0.15) is 81.9 Å². The van der Waals surface area contributed by atoms with E-state index in [1.54, 1.807) is 11.1 Å². The summed E-state index contributed by atoms with van der Waals surface area (Å²) in [7, 11) is 0. The summed E-state index contributed by atoms with van der Waals surface area (Å²) >= 11 is 0. The lowest BCUT2D eigenvalue weighted by Crippen LogP contribution is -2.40. The maximum atomic E-state index is 10.8. The minimum Gasteiger partial charge on any atom is -0.390 e. The van der Waals surface area contributed by atoms with Crippen molar-refractivity contribution >= 4 is 0 Å². The minimum absolute atomic E-state index is 0.462. The average Bonchev–Trinajstić information content (AvgIpc) is 2.62. The highest BCUT2D eigenvalue weighted by Crippen LogP contribution is 2.34. The van der Waals surface area contributed by atoms with Gasteiger partial charge in [0.15, 0.2) is 0 Å². The van der Waals surface area contributed by atoms with Crippen molar-refractivity contribution in [3.63, 3.8) is 0 Å². The molecular formula is C23H37NO. The van der Waals surface area contributed by atoms with E-state index in [0.29, 0.717) is 12.0 Å². The summed E-state index contributed by atoms with van der Waals surface area (Å²) in [6.45, 7) is 5.24. The molecule has 1 saturated carbocycles. The van der Waals surface area contributed by atoms with E-state index in [0.717, 1.165) is 19.4 Å². The van der Waals surface area contributed by atoms with Crippen LogP contribution in [0.5, 0.6) is 0 Å². The van der Waals surface area contributed by atoms with Crippen LogP contribution in [-0.2, 0) is 19.3 Å². The van der Waals surface area contributed by atoms with E-state index < -0.39 is 5.60 Å². The topological polar surface area (TPSA) is 32.3 Å². The fraction of sp³-hybridized carbons (Fsp3) is 0.739. The highest BCUT2D eigenvalue weighted by molar-refractivity contribution is 5.34. The first-order valence-corrected chi connectivity index (χ1v) is 10.6. The van der Waals surface area contributed by atoms with Crippen molar-refractivity contribution in [2.75, 3.05) is 6.54 Å². The Bertz CT molecular complexity index is 545. The van der Waals surface area contributed by atoms with Crippen molar-refractivity contribution in [1.29, 1.82) is 0 Å². The molecule has 2 N–H and O–H groups in total. The molecule has 0 spiro atoms. The molecule has 0 heterocycles. The van der Waals surface area contributed by atoms with Crippen LogP contribution in [0.4, 0.5) is 0 Å². The van der Waals surface area contributed by atoms with Crippen LogP contribution in [0.3, 0.4) is 0 Å². The first kappa shape index (κ1) is 18.9. The van der Waals surface area contributed by atoms with E-state index in [9.17, 15) is 5.11 Å². The predicted octanol–water partition coefficient (Wildman–Crippen LogP) is 4.81. The Morgan fingerprint density at radius 3 is 2.56 bits per heavy atom. The van der Waals surface area contributed by atoms with E-state index in [2.05, 4.69) is 37.4 Å². The second-order valence-corrected chi connectivity index (χ2v) is 8.81. The molecule has 0 radical (unpaired) electrons. The number of aryl methyl sites for hydroxylation is 2. The lowest BCUT2D eigenvalue weighted by molar-refractivity contribution is -0.0233. The lowest BCUT2D eigenvalue weighted by Gasteiger charge is -2.36. The molecule has 2 aliphatic carbocycles. The average molecular weight is 344 g/mol. The van der Waals surface area contributed by atoms with E-state index in [4.69, 9.17) is 0 Å². The van der Waals surface area contributed by atoms with Crippen molar-refractivity contribution in [2.45, 2.75) is 96.1 Å². The van der Waals surface area contributed by atoms with Gasteiger partial charge in [-0.3, -0.25) is 0 Å². The molecule has 3 rings (SSSR count). The number of rotatable bonds is 7. The maximum Gasteiger partial charge on any atom is 0.0659 e. The Morgan fingerprint density at radius 2 is 1.80 bits per heavy atom. The summed E-state index contributed by atoms with van der Waals surface area (Å²) in [6, 6.07) is 7.57. The van der Waals surface area contributed by atoms with Crippen LogP contribution >= 0.6 is 0 Å². The second-order valence-electron chi connectivity index (χ2n) is 8.81. The van der Waals surface area contributed by atoms with Gasteiger partial charge < -0.3 is 10.4 Å². The Hall–Kier alpha value is -0.860. The molecule has 2 aliphatic rings. The highest BCUT2D eigenvalue weighted by Gasteiger charge is 2.32. The molecule has 140 valence electrons. The Labute approximate surface area is 154 Å². The molecular weight excluding hydrogens is 306 g/mol. The van der Waals surface area contributed by atoms with E-state index in [-0.39, 0.29) is 0 Å². The van der Waals surface area contributed by atoms with E-state index in [1.165, 1.54) is 63.4 Å². The summed E-state index contributed by atoms with van der Waals surface area (Å²) in [4.78, 5) is 0. The van der Waals surface area contributed by atoms with Crippen LogP contribution in [0.2, 0.25) is 0 Å². The van der Waals surface area contributed by atoms with E-state index >= 15 is 0 Å². The summed E-state index contributed by atoms with van der Waals surface area (Å²) < 4.78 is 0. The lowest BCUT2D eigenvalue weighted by atomic mass is 9.76. The van der Waals surface area contributed by atoms with Gasteiger partial charge in [-0.25, -0.2) is 0 Å². The number of benzene rings is 1. The van der Waals surface area contributed by atoms with Gasteiger partial charge in [0.2, 0.25) is 0 Å². The zero-order valence-corrected chi connectivity index (χ0v) is 16.3. The van der Waals surface area contributed by atoms with Gasteiger partial charge in [0.05, 0.1) is 5.60 Å². The molecule has 1 aromatic rings. The van der Waals surface area contributed by atoms with Gasteiger partial charge in [0.25, 0.3) is 0 Å². The number of fused-ring (bicyclic) bond motifs is 1. The molecule has 0 bridgehead atoms. The number of aliphatic hydroxyl groups is 1. The summed E-state index contributed by atoms with van der Waals surface area (Å²) in [5.41, 5.74) is 4.11. The molecule has 2 heteroatoms.